The highest BCUT2D eigenvalue weighted by atomic mass is 19.2. The average Bonchev–Trinajstić information content (AvgIpc) is 2.66. The number of hydrogen-bond donors (Lipinski definition) is 1. The number of ether oxygens (including phenoxy) is 1. The molecule has 3 nitrogen and oxygen atoms in total. The van der Waals surface area contributed by atoms with Crippen molar-refractivity contribution in [1.29, 1.82) is 0 Å². The Morgan fingerprint density at radius 3 is 2.37 bits per heavy atom. The van der Waals surface area contributed by atoms with Crippen LogP contribution in [0.5, 0.6) is 5.75 Å². The van der Waals surface area contributed by atoms with Crippen molar-refractivity contribution in [3.8, 4) is 5.75 Å². The van der Waals surface area contributed by atoms with Gasteiger partial charge in [0.05, 0.1) is 0 Å². The summed E-state index contributed by atoms with van der Waals surface area (Å²) in [5.74, 6) is -2.34. The molecule has 0 spiro atoms. The number of benzene rings is 3. The Bertz CT molecular complexity index is 958. The van der Waals surface area contributed by atoms with Gasteiger partial charge in [0.1, 0.15) is 5.75 Å². The molecule has 0 unspecified atom stereocenters. The molecule has 0 saturated heterocycles. The molecule has 5 heteroatoms. The van der Waals surface area contributed by atoms with Crippen molar-refractivity contribution in [1.82, 2.24) is 0 Å². The third-order valence-electron chi connectivity index (χ3n) is 4.14. The van der Waals surface area contributed by atoms with Crippen molar-refractivity contribution in [2.75, 3.05) is 5.32 Å². The summed E-state index contributed by atoms with van der Waals surface area (Å²) >= 11 is 0. The van der Waals surface area contributed by atoms with Gasteiger partial charge in [0, 0.05) is 17.3 Å². The first-order chi connectivity index (χ1) is 12.9. The third-order valence-corrected chi connectivity index (χ3v) is 4.14. The van der Waals surface area contributed by atoms with Crippen LogP contribution in [0.4, 0.5) is 14.5 Å². The Kier molecular flexibility index (Phi) is 5.50. The van der Waals surface area contributed by atoms with E-state index < -0.39 is 23.6 Å². The van der Waals surface area contributed by atoms with E-state index >= 15 is 0 Å². The van der Waals surface area contributed by atoms with E-state index in [1.165, 1.54) is 6.07 Å². The maximum Gasteiger partial charge on any atom is 0.270 e. The second-order valence-corrected chi connectivity index (χ2v) is 6.29. The first-order valence-electron chi connectivity index (χ1n) is 8.49. The van der Waals surface area contributed by atoms with Gasteiger partial charge in [-0.05, 0) is 43.2 Å². The maximum absolute atomic E-state index is 13.5. The van der Waals surface area contributed by atoms with Crippen molar-refractivity contribution < 1.29 is 18.3 Å². The predicted octanol–water partition coefficient (Wildman–Crippen LogP) is 5.34. The molecule has 0 bridgehead atoms. The lowest BCUT2D eigenvalue weighted by Gasteiger charge is -2.20. The number of aryl methyl sites for hydroxylation is 2. The summed E-state index contributed by atoms with van der Waals surface area (Å²) in [6, 6.07) is 17.8. The Morgan fingerprint density at radius 2 is 1.67 bits per heavy atom. The van der Waals surface area contributed by atoms with Gasteiger partial charge in [-0.3, -0.25) is 4.79 Å². The van der Waals surface area contributed by atoms with E-state index in [0.29, 0.717) is 11.3 Å². The molecule has 0 radical (unpaired) electrons. The fourth-order valence-corrected chi connectivity index (χ4v) is 2.66. The van der Waals surface area contributed by atoms with Crippen LogP contribution in [0, 0.1) is 25.5 Å². The summed E-state index contributed by atoms with van der Waals surface area (Å²) in [6.45, 7) is 3.82. The molecule has 1 N–H and O–H groups in total. The van der Waals surface area contributed by atoms with Gasteiger partial charge in [0.25, 0.3) is 5.91 Å². The number of carbonyl (C=O) groups is 1. The van der Waals surface area contributed by atoms with Gasteiger partial charge in [0.15, 0.2) is 11.6 Å². The highest BCUT2D eigenvalue weighted by Gasteiger charge is 2.24. The number of hydrogen-bond acceptors (Lipinski definition) is 2. The summed E-state index contributed by atoms with van der Waals surface area (Å²) in [6.07, 6.45) is -1.02. The summed E-state index contributed by atoms with van der Waals surface area (Å²) < 4.78 is 32.4. The molecule has 1 amide bonds. The zero-order chi connectivity index (χ0) is 19.4. The zero-order valence-corrected chi connectivity index (χ0v) is 15.0. The largest absolute Gasteiger partial charge is 0.476 e. The van der Waals surface area contributed by atoms with Crippen molar-refractivity contribution in [3.05, 3.63) is 95.1 Å². The van der Waals surface area contributed by atoms with Gasteiger partial charge in [-0.2, -0.15) is 0 Å². The van der Waals surface area contributed by atoms with E-state index in [9.17, 15) is 13.6 Å². The van der Waals surface area contributed by atoms with Crippen molar-refractivity contribution >= 4 is 11.6 Å². The summed E-state index contributed by atoms with van der Waals surface area (Å²) in [5.41, 5.74) is 3.20. The molecule has 0 fully saturated rings. The molecule has 27 heavy (non-hydrogen) atoms. The maximum atomic E-state index is 13.5. The van der Waals surface area contributed by atoms with E-state index in [4.69, 9.17) is 4.74 Å². The van der Waals surface area contributed by atoms with E-state index in [1.54, 1.807) is 24.3 Å². The molecular formula is C22H19F2NO2. The molecule has 0 saturated carbocycles. The van der Waals surface area contributed by atoms with Crippen molar-refractivity contribution in [2.24, 2.45) is 0 Å². The zero-order valence-electron chi connectivity index (χ0n) is 15.0. The van der Waals surface area contributed by atoms with Crippen LogP contribution in [0.1, 0.15) is 22.8 Å². The number of anilines is 1. The summed E-state index contributed by atoms with van der Waals surface area (Å²) in [7, 11) is 0. The Morgan fingerprint density at radius 1 is 0.926 bits per heavy atom. The van der Waals surface area contributed by atoms with Crippen LogP contribution in [0.2, 0.25) is 0 Å². The molecule has 3 aromatic rings. The molecule has 0 aliphatic heterocycles. The molecule has 138 valence electrons. The predicted molar refractivity (Wildman–Crippen MR) is 101 cm³/mol. The van der Waals surface area contributed by atoms with Crippen LogP contribution in [0.15, 0.2) is 66.7 Å². The number of halogens is 2. The lowest BCUT2D eigenvalue weighted by molar-refractivity contribution is -0.123. The van der Waals surface area contributed by atoms with Gasteiger partial charge in [-0.1, -0.05) is 42.5 Å². The smallest absolute Gasteiger partial charge is 0.270 e. The highest BCUT2D eigenvalue weighted by molar-refractivity contribution is 5.95. The molecule has 1 atom stereocenters. The van der Waals surface area contributed by atoms with Crippen LogP contribution >= 0.6 is 0 Å². The molecule has 0 aromatic heterocycles. The molecule has 3 rings (SSSR count). The van der Waals surface area contributed by atoms with Gasteiger partial charge in [0.2, 0.25) is 6.10 Å². The number of nitrogens with one attached hydrogen (secondary N) is 1. The minimum absolute atomic E-state index is 0.0684. The second-order valence-electron chi connectivity index (χ2n) is 6.29. The van der Waals surface area contributed by atoms with Crippen LogP contribution in [-0.2, 0) is 4.79 Å². The van der Waals surface area contributed by atoms with E-state index in [0.717, 1.165) is 23.3 Å². The lowest BCUT2D eigenvalue weighted by atomic mass is 10.1. The van der Waals surface area contributed by atoms with Gasteiger partial charge >= 0.3 is 0 Å². The minimum atomic E-state index is -1.03. The van der Waals surface area contributed by atoms with Crippen molar-refractivity contribution in [3.63, 3.8) is 0 Å². The van der Waals surface area contributed by atoms with Gasteiger partial charge in [-0.15, -0.1) is 0 Å². The fraction of sp³-hybridized carbons (Fsp3) is 0.136. The normalized spacial score (nSPS) is 11.7. The standard InChI is InChI=1S/C22H19F2NO2/c1-14-8-9-15(2)20(12-14)25-22(26)21(16-6-4-3-5-7-16)27-17-10-11-18(23)19(24)13-17/h3-13,21H,1-2H3,(H,25,26)/t21-/m1/s1. The van der Waals surface area contributed by atoms with Gasteiger partial charge in [-0.25, -0.2) is 8.78 Å². The molecule has 3 aromatic carbocycles. The molecule has 0 aliphatic carbocycles. The summed E-state index contributed by atoms with van der Waals surface area (Å²) in [5, 5.41) is 2.86. The molecule has 0 heterocycles. The third kappa shape index (κ3) is 4.50. The van der Waals surface area contributed by atoms with E-state index in [2.05, 4.69) is 5.32 Å². The minimum Gasteiger partial charge on any atom is -0.476 e. The number of rotatable bonds is 5. The Labute approximate surface area is 156 Å². The van der Waals surface area contributed by atoms with E-state index in [-0.39, 0.29) is 5.75 Å². The first-order valence-corrected chi connectivity index (χ1v) is 8.49. The van der Waals surface area contributed by atoms with Crippen LogP contribution in [0.25, 0.3) is 0 Å². The summed E-state index contributed by atoms with van der Waals surface area (Å²) in [4.78, 5) is 12.9. The monoisotopic (exact) mass is 367 g/mol. The first kappa shape index (κ1) is 18.6. The molecular weight excluding hydrogens is 348 g/mol. The van der Waals surface area contributed by atoms with Gasteiger partial charge < -0.3 is 10.1 Å². The average molecular weight is 367 g/mol. The SMILES string of the molecule is Cc1ccc(C)c(NC(=O)[C@H](Oc2ccc(F)c(F)c2)c2ccccc2)c1. The highest BCUT2D eigenvalue weighted by Crippen LogP contribution is 2.26. The van der Waals surface area contributed by atoms with Crippen LogP contribution < -0.4 is 10.1 Å². The topological polar surface area (TPSA) is 38.3 Å². The fourth-order valence-electron chi connectivity index (χ4n) is 2.66. The Hall–Kier alpha value is -3.21. The number of amides is 1. The van der Waals surface area contributed by atoms with Crippen molar-refractivity contribution in [2.45, 2.75) is 20.0 Å². The van der Waals surface area contributed by atoms with Crippen LogP contribution in [-0.4, -0.2) is 5.91 Å². The Balaban J connectivity index is 1.90. The molecule has 0 aliphatic rings. The van der Waals surface area contributed by atoms with E-state index in [1.807, 2.05) is 38.1 Å². The lowest BCUT2D eigenvalue weighted by Crippen LogP contribution is -2.26. The van der Waals surface area contributed by atoms with Crippen LogP contribution in [0.3, 0.4) is 0 Å². The number of carbonyl (C=O) groups excluding carboxylic acids is 1. The second kappa shape index (κ2) is 7.99. The quantitative estimate of drug-likeness (QED) is 0.661.